The summed E-state index contributed by atoms with van der Waals surface area (Å²) in [4.78, 5) is 4.71. The zero-order chi connectivity index (χ0) is 13.0. The Labute approximate surface area is 114 Å². The van der Waals surface area contributed by atoms with E-state index in [9.17, 15) is 0 Å². The van der Waals surface area contributed by atoms with Crippen LogP contribution in [0.3, 0.4) is 0 Å². The monoisotopic (exact) mass is 269 g/mol. The summed E-state index contributed by atoms with van der Waals surface area (Å²) < 4.78 is 11.2. The average molecular weight is 269 g/mol. The molecule has 0 spiro atoms. The molecule has 18 heavy (non-hydrogen) atoms. The minimum atomic E-state index is -0.127. The zero-order valence-corrected chi connectivity index (χ0v) is 12.4. The Kier molecular flexibility index (Phi) is 4.76. The first kappa shape index (κ1) is 14.0. The summed E-state index contributed by atoms with van der Waals surface area (Å²) in [7, 11) is 1.71. The summed E-state index contributed by atoms with van der Waals surface area (Å²) in [5.74, 6) is 0.817. The lowest BCUT2D eigenvalue weighted by Crippen LogP contribution is -2.34. The number of hydrogen-bond acceptors (Lipinski definition) is 4. The van der Waals surface area contributed by atoms with Crippen LogP contribution in [0.4, 0.5) is 0 Å². The van der Waals surface area contributed by atoms with Crippen molar-refractivity contribution in [2.45, 2.75) is 51.7 Å². The lowest BCUT2D eigenvalue weighted by molar-refractivity contribution is -0.0777. The maximum Gasteiger partial charge on any atom is 0.125 e. The van der Waals surface area contributed by atoms with E-state index in [2.05, 4.69) is 19.2 Å². The summed E-state index contributed by atoms with van der Waals surface area (Å²) in [6.45, 7) is 5.75. The highest BCUT2D eigenvalue weighted by molar-refractivity contribution is 7.09. The maximum atomic E-state index is 6.10. The first-order valence-electron chi connectivity index (χ1n) is 6.78. The number of ether oxygens (including phenoxy) is 2. The number of methoxy groups -OCH3 is 1. The van der Waals surface area contributed by atoms with Crippen LogP contribution >= 0.6 is 11.3 Å². The molecule has 4 heteroatoms. The first-order valence-corrected chi connectivity index (χ1v) is 7.66. The third kappa shape index (κ3) is 2.92. The van der Waals surface area contributed by atoms with Gasteiger partial charge in [-0.1, -0.05) is 6.92 Å². The number of aromatic nitrogens is 1. The van der Waals surface area contributed by atoms with E-state index in [0.717, 1.165) is 36.1 Å². The number of hydrogen-bond donors (Lipinski definition) is 0. The highest BCUT2D eigenvalue weighted by atomic mass is 32.1. The lowest BCUT2D eigenvalue weighted by Gasteiger charge is -2.37. The van der Waals surface area contributed by atoms with Gasteiger partial charge in [-0.2, -0.15) is 0 Å². The molecule has 0 aliphatic heterocycles. The van der Waals surface area contributed by atoms with Crippen molar-refractivity contribution in [2.24, 2.45) is 5.92 Å². The third-order valence-corrected chi connectivity index (χ3v) is 4.81. The number of thiazole rings is 1. The van der Waals surface area contributed by atoms with Gasteiger partial charge in [0.15, 0.2) is 0 Å². The Hall–Kier alpha value is -0.450. The van der Waals surface area contributed by atoms with E-state index in [1.54, 1.807) is 18.4 Å². The van der Waals surface area contributed by atoms with Crippen LogP contribution in [0, 0.1) is 5.92 Å². The van der Waals surface area contributed by atoms with Gasteiger partial charge in [0.25, 0.3) is 0 Å². The van der Waals surface area contributed by atoms with Crippen LogP contribution in [0.25, 0.3) is 0 Å². The molecule has 102 valence electrons. The Morgan fingerprint density at radius 2 is 2.17 bits per heavy atom. The van der Waals surface area contributed by atoms with Crippen molar-refractivity contribution in [3.05, 3.63) is 16.1 Å². The normalized spacial score (nSPS) is 28.5. The molecular formula is C14H23NO2S. The minimum Gasteiger partial charge on any atom is -0.378 e. The standard InChI is InChI=1S/C14H23NO2S/c1-4-17-14(7-5-11(2)6-8-14)13-15-12(9-16-3)10-18-13/h10-11H,4-9H2,1-3H3. The van der Waals surface area contributed by atoms with Gasteiger partial charge in [-0.05, 0) is 38.5 Å². The zero-order valence-electron chi connectivity index (χ0n) is 11.6. The van der Waals surface area contributed by atoms with E-state index < -0.39 is 0 Å². The Balaban J connectivity index is 2.17. The van der Waals surface area contributed by atoms with Gasteiger partial charge in [0.05, 0.1) is 12.3 Å². The van der Waals surface area contributed by atoms with Gasteiger partial charge in [0.2, 0.25) is 0 Å². The molecule has 1 fully saturated rings. The van der Waals surface area contributed by atoms with E-state index in [-0.39, 0.29) is 5.60 Å². The smallest absolute Gasteiger partial charge is 0.125 e. The van der Waals surface area contributed by atoms with Crippen LogP contribution < -0.4 is 0 Å². The summed E-state index contributed by atoms with van der Waals surface area (Å²) in [5.41, 5.74) is 0.896. The van der Waals surface area contributed by atoms with Gasteiger partial charge < -0.3 is 9.47 Å². The molecule has 1 aliphatic carbocycles. The molecule has 0 saturated heterocycles. The predicted octanol–water partition coefficient (Wildman–Crippen LogP) is 3.73. The molecule has 1 aromatic rings. The van der Waals surface area contributed by atoms with Crippen molar-refractivity contribution in [3.8, 4) is 0 Å². The van der Waals surface area contributed by atoms with E-state index in [1.807, 2.05) is 0 Å². The Morgan fingerprint density at radius 1 is 1.44 bits per heavy atom. The molecule has 0 N–H and O–H groups in total. The molecule has 0 atom stereocenters. The molecule has 0 amide bonds. The molecule has 1 heterocycles. The third-order valence-electron chi connectivity index (χ3n) is 3.74. The Morgan fingerprint density at radius 3 is 2.78 bits per heavy atom. The minimum absolute atomic E-state index is 0.127. The molecule has 2 rings (SSSR count). The van der Waals surface area contributed by atoms with Gasteiger partial charge in [-0.3, -0.25) is 0 Å². The van der Waals surface area contributed by atoms with Crippen LogP contribution in [0.5, 0.6) is 0 Å². The molecule has 1 saturated carbocycles. The lowest BCUT2D eigenvalue weighted by atomic mass is 9.79. The molecule has 0 unspecified atom stereocenters. The van der Waals surface area contributed by atoms with Crippen LogP contribution in [0.1, 0.15) is 50.2 Å². The fourth-order valence-electron chi connectivity index (χ4n) is 2.66. The number of rotatable bonds is 5. The Bertz CT molecular complexity index is 370. The second-order valence-electron chi connectivity index (χ2n) is 5.19. The molecule has 3 nitrogen and oxygen atoms in total. The first-order chi connectivity index (χ1) is 8.70. The van der Waals surface area contributed by atoms with Crippen molar-refractivity contribution >= 4 is 11.3 Å². The fourth-order valence-corrected chi connectivity index (χ4v) is 3.67. The van der Waals surface area contributed by atoms with E-state index in [0.29, 0.717) is 6.61 Å². The summed E-state index contributed by atoms with van der Waals surface area (Å²) in [5, 5.41) is 3.24. The van der Waals surface area contributed by atoms with Gasteiger partial charge in [0, 0.05) is 19.1 Å². The second-order valence-corrected chi connectivity index (χ2v) is 6.04. The highest BCUT2D eigenvalue weighted by Crippen LogP contribution is 2.43. The predicted molar refractivity (Wildman–Crippen MR) is 73.8 cm³/mol. The van der Waals surface area contributed by atoms with E-state index in [4.69, 9.17) is 14.5 Å². The van der Waals surface area contributed by atoms with Crippen molar-refractivity contribution in [2.75, 3.05) is 13.7 Å². The van der Waals surface area contributed by atoms with Gasteiger partial charge in [-0.25, -0.2) is 4.98 Å². The van der Waals surface area contributed by atoms with Gasteiger partial charge >= 0.3 is 0 Å². The van der Waals surface area contributed by atoms with Crippen molar-refractivity contribution in [1.29, 1.82) is 0 Å². The quantitative estimate of drug-likeness (QED) is 0.816. The maximum absolute atomic E-state index is 6.10. The van der Waals surface area contributed by atoms with Crippen LogP contribution in [-0.2, 0) is 21.7 Å². The second kappa shape index (κ2) is 6.13. The van der Waals surface area contributed by atoms with Crippen LogP contribution in [0.2, 0.25) is 0 Å². The van der Waals surface area contributed by atoms with Gasteiger partial charge in [-0.15, -0.1) is 11.3 Å². The van der Waals surface area contributed by atoms with Gasteiger partial charge in [0.1, 0.15) is 10.6 Å². The average Bonchev–Trinajstić information content (AvgIpc) is 2.82. The molecule has 0 aromatic carbocycles. The molecule has 1 aromatic heterocycles. The molecular weight excluding hydrogens is 246 g/mol. The topological polar surface area (TPSA) is 31.4 Å². The van der Waals surface area contributed by atoms with Crippen LogP contribution in [0.15, 0.2) is 5.38 Å². The van der Waals surface area contributed by atoms with E-state index >= 15 is 0 Å². The van der Waals surface area contributed by atoms with E-state index in [1.165, 1.54) is 12.8 Å². The largest absolute Gasteiger partial charge is 0.378 e. The molecule has 1 aliphatic rings. The van der Waals surface area contributed by atoms with Crippen molar-refractivity contribution in [3.63, 3.8) is 0 Å². The van der Waals surface area contributed by atoms with Crippen molar-refractivity contribution in [1.82, 2.24) is 4.98 Å². The number of nitrogens with zero attached hydrogens (tertiary/aromatic N) is 1. The fraction of sp³-hybridized carbons (Fsp3) is 0.786. The SMILES string of the molecule is CCOC1(c2nc(COC)cs2)CCC(C)CC1. The summed E-state index contributed by atoms with van der Waals surface area (Å²) >= 11 is 1.72. The molecule has 0 bridgehead atoms. The highest BCUT2D eigenvalue weighted by Gasteiger charge is 2.39. The van der Waals surface area contributed by atoms with Crippen molar-refractivity contribution < 1.29 is 9.47 Å². The molecule has 0 radical (unpaired) electrons. The summed E-state index contributed by atoms with van der Waals surface area (Å²) in [6, 6.07) is 0. The summed E-state index contributed by atoms with van der Waals surface area (Å²) in [6.07, 6.45) is 4.67. The van der Waals surface area contributed by atoms with Crippen LogP contribution in [-0.4, -0.2) is 18.7 Å².